The van der Waals surface area contributed by atoms with Crippen LogP contribution in [0.1, 0.15) is 41.1 Å². The number of nitrogens with zero attached hydrogens (tertiary/aromatic N) is 2. The van der Waals surface area contributed by atoms with Crippen molar-refractivity contribution >= 4 is 22.6 Å². The van der Waals surface area contributed by atoms with Crippen LogP contribution >= 0.6 is 0 Å². The number of hydrogen-bond donors (Lipinski definition) is 2. The van der Waals surface area contributed by atoms with Crippen molar-refractivity contribution in [2.45, 2.75) is 53.0 Å². The van der Waals surface area contributed by atoms with Gasteiger partial charge in [0.25, 0.3) is 0 Å². The van der Waals surface area contributed by atoms with E-state index < -0.39 is 0 Å². The number of aromatic amines is 1. The number of amides is 1. The summed E-state index contributed by atoms with van der Waals surface area (Å²) >= 11 is 0. The molecule has 3 aromatic rings. The number of hydrogen-bond acceptors (Lipinski definition) is 2. The second-order valence-electron chi connectivity index (χ2n) is 7.07. The normalized spacial score (nSPS) is 13.9. The van der Waals surface area contributed by atoms with Gasteiger partial charge < -0.3 is 14.9 Å². The molecule has 25 heavy (non-hydrogen) atoms. The van der Waals surface area contributed by atoms with Crippen LogP contribution in [0.4, 0.5) is 5.82 Å². The van der Waals surface area contributed by atoms with E-state index in [-0.39, 0.29) is 5.91 Å². The van der Waals surface area contributed by atoms with E-state index in [9.17, 15) is 4.79 Å². The lowest BCUT2D eigenvalue weighted by atomic mass is 10.0. The SMILES string of the molecule is Cc1[nH]c2c(C)ccc(C)c2c1CC(=O)Nc1cnc2n1CCCC2. The van der Waals surface area contributed by atoms with Crippen molar-refractivity contribution in [3.05, 3.63) is 46.5 Å². The fraction of sp³-hybridized carbons (Fsp3) is 0.400. The average molecular weight is 336 g/mol. The number of carbonyl (C=O) groups is 1. The quantitative estimate of drug-likeness (QED) is 0.764. The zero-order valence-corrected chi connectivity index (χ0v) is 15.1. The molecule has 0 saturated heterocycles. The first-order valence-electron chi connectivity index (χ1n) is 8.96. The number of nitrogens with one attached hydrogen (secondary N) is 2. The highest BCUT2D eigenvalue weighted by Crippen LogP contribution is 2.29. The van der Waals surface area contributed by atoms with Crippen LogP contribution in [0.5, 0.6) is 0 Å². The number of rotatable bonds is 3. The molecular weight excluding hydrogens is 312 g/mol. The van der Waals surface area contributed by atoms with E-state index in [1.807, 2.05) is 6.92 Å². The van der Waals surface area contributed by atoms with Crippen LogP contribution in [0.3, 0.4) is 0 Å². The largest absolute Gasteiger partial charge is 0.358 e. The molecule has 1 amide bonds. The van der Waals surface area contributed by atoms with Gasteiger partial charge in [-0.05, 0) is 50.3 Å². The minimum atomic E-state index is 0.0122. The van der Waals surface area contributed by atoms with Crippen molar-refractivity contribution in [3.8, 4) is 0 Å². The van der Waals surface area contributed by atoms with Gasteiger partial charge in [-0.3, -0.25) is 4.79 Å². The minimum absolute atomic E-state index is 0.0122. The molecule has 2 N–H and O–H groups in total. The molecule has 1 aliphatic rings. The summed E-state index contributed by atoms with van der Waals surface area (Å²) in [7, 11) is 0. The maximum atomic E-state index is 12.7. The Hall–Kier alpha value is -2.56. The summed E-state index contributed by atoms with van der Waals surface area (Å²) in [5.41, 5.74) is 5.71. The number of aryl methyl sites for hydroxylation is 4. The predicted molar refractivity (Wildman–Crippen MR) is 100 cm³/mol. The van der Waals surface area contributed by atoms with Gasteiger partial charge in [0.05, 0.1) is 12.6 Å². The van der Waals surface area contributed by atoms with Crippen LogP contribution < -0.4 is 5.32 Å². The molecule has 1 aromatic carbocycles. The van der Waals surface area contributed by atoms with Crippen LogP contribution in [0.25, 0.3) is 10.9 Å². The first kappa shape index (κ1) is 15.9. The summed E-state index contributed by atoms with van der Waals surface area (Å²) in [5.74, 6) is 1.92. The number of imidazole rings is 1. The fourth-order valence-corrected chi connectivity index (χ4v) is 3.90. The molecular formula is C20H24N4O. The monoisotopic (exact) mass is 336 g/mol. The van der Waals surface area contributed by atoms with Gasteiger partial charge in [0.1, 0.15) is 11.6 Å². The molecule has 0 saturated carbocycles. The summed E-state index contributed by atoms with van der Waals surface area (Å²) in [6.07, 6.45) is 5.48. The van der Waals surface area contributed by atoms with Crippen molar-refractivity contribution in [1.82, 2.24) is 14.5 Å². The second kappa shape index (κ2) is 6.06. The third kappa shape index (κ3) is 2.73. The predicted octanol–water partition coefficient (Wildman–Crippen LogP) is 3.81. The Bertz CT molecular complexity index is 964. The van der Waals surface area contributed by atoms with Crippen LogP contribution in [0.15, 0.2) is 18.3 Å². The molecule has 2 aromatic heterocycles. The van der Waals surface area contributed by atoms with E-state index >= 15 is 0 Å². The van der Waals surface area contributed by atoms with Gasteiger partial charge in [0.2, 0.25) is 5.91 Å². The average Bonchev–Trinajstić information content (AvgIpc) is 3.14. The van der Waals surface area contributed by atoms with Crippen LogP contribution in [-0.4, -0.2) is 20.4 Å². The molecule has 5 heteroatoms. The maximum Gasteiger partial charge on any atom is 0.230 e. The number of H-pyrrole nitrogens is 1. The van der Waals surface area contributed by atoms with Gasteiger partial charge in [-0.25, -0.2) is 4.98 Å². The zero-order chi connectivity index (χ0) is 17.6. The fourth-order valence-electron chi connectivity index (χ4n) is 3.90. The van der Waals surface area contributed by atoms with Gasteiger partial charge in [-0.2, -0.15) is 0 Å². The first-order chi connectivity index (χ1) is 12.0. The summed E-state index contributed by atoms with van der Waals surface area (Å²) in [6, 6.07) is 4.25. The third-order valence-corrected chi connectivity index (χ3v) is 5.26. The Labute approximate surface area is 147 Å². The number of benzene rings is 1. The van der Waals surface area contributed by atoms with Crippen molar-refractivity contribution in [1.29, 1.82) is 0 Å². The van der Waals surface area contributed by atoms with E-state index in [4.69, 9.17) is 0 Å². The van der Waals surface area contributed by atoms with Gasteiger partial charge in [0, 0.05) is 29.6 Å². The van der Waals surface area contributed by atoms with Gasteiger partial charge >= 0.3 is 0 Å². The van der Waals surface area contributed by atoms with Crippen molar-refractivity contribution in [2.24, 2.45) is 0 Å². The summed E-state index contributed by atoms with van der Waals surface area (Å²) in [4.78, 5) is 20.6. The molecule has 4 rings (SSSR count). The number of aromatic nitrogens is 3. The van der Waals surface area contributed by atoms with E-state index in [0.717, 1.165) is 47.8 Å². The zero-order valence-electron chi connectivity index (χ0n) is 15.1. The number of fused-ring (bicyclic) bond motifs is 2. The summed E-state index contributed by atoms with van der Waals surface area (Å²) < 4.78 is 2.14. The summed E-state index contributed by atoms with van der Waals surface area (Å²) in [5, 5.41) is 4.25. The Kier molecular flexibility index (Phi) is 3.86. The second-order valence-corrected chi connectivity index (χ2v) is 7.07. The molecule has 3 heterocycles. The van der Waals surface area contributed by atoms with Crippen LogP contribution in [0.2, 0.25) is 0 Å². The molecule has 5 nitrogen and oxygen atoms in total. The highest BCUT2D eigenvalue weighted by molar-refractivity contribution is 5.97. The molecule has 0 atom stereocenters. The molecule has 0 aliphatic carbocycles. The van der Waals surface area contributed by atoms with E-state index in [1.54, 1.807) is 6.20 Å². The Morgan fingerprint density at radius 2 is 2.04 bits per heavy atom. The van der Waals surface area contributed by atoms with E-state index in [1.165, 1.54) is 22.9 Å². The topological polar surface area (TPSA) is 62.7 Å². The Balaban J connectivity index is 1.61. The lowest BCUT2D eigenvalue weighted by Gasteiger charge is -2.16. The molecule has 0 spiro atoms. The van der Waals surface area contributed by atoms with Crippen molar-refractivity contribution in [3.63, 3.8) is 0 Å². The minimum Gasteiger partial charge on any atom is -0.358 e. The van der Waals surface area contributed by atoms with Gasteiger partial charge in [-0.15, -0.1) is 0 Å². The van der Waals surface area contributed by atoms with E-state index in [0.29, 0.717) is 6.42 Å². The van der Waals surface area contributed by atoms with Crippen LogP contribution in [-0.2, 0) is 24.2 Å². The molecule has 0 fully saturated rings. The molecule has 130 valence electrons. The molecule has 0 bridgehead atoms. The smallest absolute Gasteiger partial charge is 0.230 e. The lowest BCUT2D eigenvalue weighted by Crippen LogP contribution is -2.19. The van der Waals surface area contributed by atoms with Crippen molar-refractivity contribution in [2.75, 3.05) is 5.32 Å². The number of anilines is 1. The first-order valence-corrected chi connectivity index (χ1v) is 8.96. The molecule has 0 radical (unpaired) electrons. The molecule has 0 unspecified atom stereocenters. The Morgan fingerprint density at radius 3 is 2.88 bits per heavy atom. The third-order valence-electron chi connectivity index (χ3n) is 5.26. The summed E-state index contributed by atoms with van der Waals surface area (Å²) in [6.45, 7) is 7.18. The standard InChI is InChI=1S/C20H24N4O/c1-12-7-8-13(2)20-19(12)15(14(3)22-20)10-18(25)23-17-11-21-16-6-4-5-9-24(16)17/h7-8,11,22H,4-6,9-10H2,1-3H3,(H,23,25). The van der Waals surface area contributed by atoms with E-state index in [2.05, 4.69) is 45.8 Å². The van der Waals surface area contributed by atoms with Crippen molar-refractivity contribution < 1.29 is 4.79 Å². The maximum absolute atomic E-state index is 12.7. The Morgan fingerprint density at radius 1 is 1.24 bits per heavy atom. The van der Waals surface area contributed by atoms with Gasteiger partial charge in [-0.1, -0.05) is 12.1 Å². The highest BCUT2D eigenvalue weighted by Gasteiger charge is 2.18. The number of carbonyl (C=O) groups excluding carboxylic acids is 1. The molecule has 1 aliphatic heterocycles. The lowest BCUT2D eigenvalue weighted by molar-refractivity contribution is -0.115. The van der Waals surface area contributed by atoms with Gasteiger partial charge in [0.15, 0.2) is 0 Å². The highest BCUT2D eigenvalue weighted by atomic mass is 16.1. The van der Waals surface area contributed by atoms with Crippen LogP contribution in [0, 0.1) is 20.8 Å².